The normalized spacial score (nSPS) is 15.7. The lowest BCUT2D eigenvalue weighted by atomic mass is 10.3. The molecule has 1 aliphatic heterocycles. The minimum Gasteiger partial charge on any atom is -0.497 e. The number of hydrogen-bond acceptors (Lipinski definition) is 5. The third-order valence-electron chi connectivity index (χ3n) is 3.37. The number of carbonyl (C=O) groups excluding carboxylic acids is 1. The number of carbonyl (C=O) groups is 1. The molecule has 6 heteroatoms. The average Bonchev–Trinajstić information content (AvgIpc) is 2.53. The molecule has 1 fully saturated rings. The minimum absolute atomic E-state index is 0.0815. The fourth-order valence-corrected chi connectivity index (χ4v) is 2.16. The van der Waals surface area contributed by atoms with Crippen molar-refractivity contribution < 1.29 is 14.3 Å². The fraction of sp³-hybridized carbons (Fsp3) is 0.533. The number of nitrogens with one attached hydrogen (secondary N) is 2. The lowest BCUT2D eigenvalue weighted by Crippen LogP contribution is -2.44. The maximum Gasteiger partial charge on any atom is 0.250 e. The Morgan fingerprint density at radius 2 is 2.00 bits per heavy atom. The van der Waals surface area contributed by atoms with Gasteiger partial charge in [0, 0.05) is 38.4 Å². The molecular weight excluding hydrogens is 270 g/mol. The van der Waals surface area contributed by atoms with E-state index in [-0.39, 0.29) is 12.5 Å². The predicted octanol–water partition coefficient (Wildman–Crippen LogP) is 0.556. The summed E-state index contributed by atoms with van der Waals surface area (Å²) in [5.74, 6) is 0.626. The summed E-state index contributed by atoms with van der Waals surface area (Å²) in [4.78, 5) is 14.1. The van der Waals surface area contributed by atoms with Gasteiger partial charge in [-0.15, -0.1) is 0 Å². The van der Waals surface area contributed by atoms with Crippen LogP contribution >= 0.6 is 0 Å². The third kappa shape index (κ3) is 5.71. The van der Waals surface area contributed by atoms with Crippen molar-refractivity contribution in [1.29, 1.82) is 0 Å². The van der Waals surface area contributed by atoms with Crippen LogP contribution in [0.2, 0.25) is 0 Å². The van der Waals surface area contributed by atoms with E-state index >= 15 is 0 Å². The van der Waals surface area contributed by atoms with Crippen molar-refractivity contribution in [3.05, 3.63) is 24.3 Å². The molecule has 21 heavy (non-hydrogen) atoms. The molecule has 6 nitrogen and oxygen atoms in total. The van der Waals surface area contributed by atoms with E-state index in [2.05, 4.69) is 15.5 Å². The molecule has 1 heterocycles. The number of rotatable bonds is 7. The Morgan fingerprint density at radius 1 is 1.29 bits per heavy atom. The predicted molar refractivity (Wildman–Crippen MR) is 81.8 cm³/mol. The molecule has 1 aliphatic rings. The Morgan fingerprint density at radius 3 is 2.67 bits per heavy atom. The van der Waals surface area contributed by atoms with Crippen LogP contribution in [-0.2, 0) is 9.53 Å². The fourth-order valence-electron chi connectivity index (χ4n) is 2.16. The van der Waals surface area contributed by atoms with E-state index in [4.69, 9.17) is 9.47 Å². The molecule has 0 spiro atoms. The van der Waals surface area contributed by atoms with Crippen LogP contribution in [0.15, 0.2) is 24.3 Å². The molecule has 116 valence electrons. The van der Waals surface area contributed by atoms with Crippen LogP contribution in [-0.4, -0.2) is 63.9 Å². The smallest absolute Gasteiger partial charge is 0.250 e. The highest BCUT2D eigenvalue weighted by Gasteiger charge is 2.09. The Kier molecular flexibility index (Phi) is 6.46. The summed E-state index contributed by atoms with van der Waals surface area (Å²) < 4.78 is 10.5. The zero-order valence-corrected chi connectivity index (χ0v) is 12.4. The summed E-state index contributed by atoms with van der Waals surface area (Å²) in [7, 11) is 1.61. The van der Waals surface area contributed by atoms with Crippen LogP contribution in [0, 0.1) is 0 Å². The largest absolute Gasteiger partial charge is 0.497 e. The van der Waals surface area contributed by atoms with Crippen molar-refractivity contribution in [3.63, 3.8) is 0 Å². The van der Waals surface area contributed by atoms with Gasteiger partial charge in [-0.3, -0.25) is 9.69 Å². The van der Waals surface area contributed by atoms with Crippen molar-refractivity contribution in [3.8, 4) is 5.75 Å². The van der Waals surface area contributed by atoms with Gasteiger partial charge in [-0.2, -0.15) is 0 Å². The van der Waals surface area contributed by atoms with Crippen molar-refractivity contribution in [2.75, 3.05) is 58.4 Å². The summed E-state index contributed by atoms with van der Waals surface area (Å²) in [6, 6.07) is 7.22. The van der Waals surface area contributed by atoms with Gasteiger partial charge < -0.3 is 20.1 Å². The first-order chi connectivity index (χ1) is 10.3. The van der Waals surface area contributed by atoms with E-state index in [1.807, 2.05) is 0 Å². The van der Waals surface area contributed by atoms with E-state index < -0.39 is 0 Å². The van der Waals surface area contributed by atoms with Crippen LogP contribution in [0.3, 0.4) is 0 Å². The van der Waals surface area contributed by atoms with Crippen LogP contribution < -0.4 is 15.4 Å². The standard InChI is InChI=1S/C15H23N3O3/c1-20-14-4-2-13(3-5-14)17-15(19)12-21-11-10-18-8-6-16-7-9-18/h2-5,16H,6-12H2,1H3,(H,17,19). The Bertz CT molecular complexity index is 430. The van der Waals surface area contributed by atoms with Crippen LogP contribution in [0.25, 0.3) is 0 Å². The SMILES string of the molecule is COc1ccc(NC(=O)COCCN2CCNCC2)cc1. The summed E-state index contributed by atoms with van der Waals surface area (Å²) in [6.45, 7) is 5.67. The molecule has 1 aromatic rings. The summed E-state index contributed by atoms with van der Waals surface area (Å²) >= 11 is 0. The van der Waals surface area contributed by atoms with Gasteiger partial charge in [0.05, 0.1) is 13.7 Å². The van der Waals surface area contributed by atoms with Crippen LogP contribution in [0.1, 0.15) is 0 Å². The molecule has 1 amide bonds. The van der Waals surface area contributed by atoms with Crippen molar-refractivity contribution in [2.45, 2.75) is 0 Å². The summed E-state index contributed by atoms with van der Waals surface area (Å²) in [5.41, 5.74) is 0.742. The van der Waals surface area contributed by atoms with Gasteiger partial charge in [0.1, 0.15) is 12.4 Å². The summed E-state index contributed by atoms with van der Waals surface area (Å²) in [6.07, 6.45) is 0. The maximum absolute atomic E-state index is 11.7. The molecule has 0 saturated carbocycles. The van der Waals surface area contributed by atoms with E-state index in [0.29, 0.717) is 6.61 Å². The Balaban J connectivity index is 1.60. The topological polar surface area (TPSA) is 62.8 Å². The van der Waals surface area contributed by atoms with E-state index in [1.165, 1.54) is 0 Å². The van der Waals surface area contributed by atoms with E-state index in [1.54, 1.807) is 31.4 Å². The zero-order valence-electron chi connectivity index (χ0n) is 12.4. The van der Waals surface area contributed by atoms with E-state index in [0.717, 1.165) is 44.2 Å². The molecule has 0 bridgehead atoms. The van der Waals surface area contributed by atoms with Crippen molar-refractivity contribution in [2.24, 2.45) is 0 Å². The highest BCUT2D eigenvalue weighted by molar-refractivity contribution is 5.91. The maximum atomic E-state index is 11.7. The van der Waals surface area contributed by atoms with Gasteiger partial charge in [0.2, 0.25) is 5.91 Å². The summed E-state index contributed by atoms with van der Waals surface area (Å²) in [5, 5.41) is 6.09. The number of methoxy groups -OCH3 is 1. The molecule has 0 unspecified atom stereocenters. The second kappa shape index (κ2) is 8.61. The second-order valence-electron chi connectivity index (χ2n) is 4.92. The molecule has 2 N–H and O–H groups in total. The number of nitrogens with zero attached hydrogens (tertiary/aromatic N) is 1. The van der Waals surface area contributed by atoms with Gasteiger partial charge in [-0.05, 0) is 24.3 Å². The zero-order chi connectivity index (χ0) is 14.9. The number of benzene rings is 1. The highest BCUT2D eigenvalue weighted by Crippen LogP contribution is 2.14. The number of piperazine rings is 1. The van der Waals surface area contributed by atoms with Gasteiger partial charge in [-0.25, -0.2) is 0 Å². The average molecular weight is 293 g/mol. The number of ether oxygens (including phenoxy) is 2. The lowest BCUT2D eigenvalue weighted by Gasteiger charge is -2.26. The first-order valence-corrected chi connectivity index (χ1v) is 7.22. The van der Waals surface area contributed by atoms with Gasteiger partial charge in [-0.1, -0.05) is 0 Å². The highest BCUT2D eigenvalue weighted by atomic mass is 16.5. The second-order valence-corrected chi connectivity index (χ2v) is 4.92. The minimum atomic E-state index is -0.138. The molecular formula is C15H23N3O3. The number of hydrogen-bond donors (Lipinski definition) is 2. The molecule has 1 aromatic carbocycles. The van der Waals surface area contributed by atoms with Gasteiger partial charge in [0.25, 0.3) is 0 Å². The molecule has 0 atom stereocenters. The lowest BCUT2D eigenvalue weighted by molar-refractivity contribution is -0.120. The quantitative estimate of drug-likeness (QED) is 0.719. The Labute approximate surface area is 125 Å². The van der Waals surface area contributed by atoms with E-state index in [9.17, 15) is 4.79 Å². The molecule has 0 aliphatic carbocycles. The van der Waals surface area contributed by atoms with Crippen molar-refractivity contribution in [1.82, 2.24) is 10.2 Å². The molecule has 2 rings (SSSR count). The first kappa shape index (κ1) is 15.8. The van der Waals surface area contributed by atoms with Gasteiger partial charge >= 0.3 is 0 Å². The number of anilines is 1. The first-order valence-electron chi connectivity index (χ1n) is 7.22. The Hall–Kier alpha value is -1.63. The van der Waals surface area contributed by atoms with Crippen molar-refractivity contribution >= 4 is 11.6 Å². The van der Waals surface area contributed by atoms with Gasteiger partial charge in [0.15, 0.2) is 0 Å². The molecule has 0 radical (unpaired) electrons. The molecule has 1 saturated heterocycles. The molecule has 0 aromatic heterocycles. The monoisotopic (exact) mass is 293 g/mol. The number of amides is 1. The van der Waals surface area contributed by atoms with Crippen LogP contribution in [0.5, 0.6) is 5.75 Å². The third-order valence-corrected chi connectivity index (χ3v) is 3.37. The van der Waals surface area contributed by atoms with Crippen LogP contribution in [0.4, 0.5) is 5.69 Å².